The van der Waals surface area contributed by atoms with Crippen molar-refractivity contribution in [1.29, 1.82) is 0 Å². The second kappa shape index (κ2) is 7.08. The van der Waals surface area contributed by atoms with Gasteiger partial charge in [0.2, 0.25) is 0 Å². The van der Waals surface area contributed by atoms with E-state index in [0.717, 1.165) is 13.0 Å². The van der Waals surface area contributed by atoms with Gasteiger partial charge in [0.25, 0.3) is 0 Å². The Hall–Kier alpha value is -1.63. The zero-order chi connectivity index (χ0) is 13.5. The van der Waals surface area contributed by atoms with Crippen LogP contribution < -0.4 is 4.57 Å². The summed E-state index contributed by atoms with van der Waals surface area (Å²) in [6.45, 7) is 5.63. The molecule has 19 heavy (non-hydrogen) atoms. The number of rotatable bonds is 6. The number of nitrogens with zero attached hydrogens (tertiary/aromatic N) is 1. The van der Waals surface area contributed by atoms with E-state index in [1.54, 1.807) is 0 Å². The molecule has 1 nitrogen and oxygen atoms in total. The Bertz CT molecular complexity index is 473. The lowest BCUT2D eigenvalue weighted by Crippen LogP contribution is -2.32. The van der Waals surface area contributed by atoms with E-state index >= 15 is 0 Å². The van der Waals surface area contributed by atoms with E-state index in [0.29, 0.717) is 5.92 Å². The summed E-state index contributed by atoms with van der Waals surface area (Å²) in [7, 11) is 0. The number of hydrogen-bond donors (Lipinski definition) is 0. The van der Waals surface area contributed by atoms with Gasteiger partial charge in [0, 0.05) is 18.6 Å². The minimum Gasteiger partial charge on any atom is -0.205 e. The van der Waals surface area contributed by atoms with Crippen LogP contribution in [0.2, 0.25) is 0 Å². The fourth-order valence-electron chi connectivity index (χ4n) is 2.30. The van der Waals surface area contributed by atoms with Crippen molar-refractivity contribution in [3.8, 4) is 0 Å². The van der Waals surface area contributed by atoms with Crippen molar-refractivity contribution in [1.82, 2.24) is 0 Å². The molecule has 2 aromatic rings. The van der Waals surface area contributed by atoms with Crippen molar-refractivity contribution in [2.45, 2.75) is 45.6 Å². The molecule has 2 rings (SSSR count). The fraction of sp³-hybridized carbons (Fsp3) is 0.389. The van der Waals surface area contributed by atoms with Crippen LogP contribution >= 0.6 is 0 Å². The van der Waals surface area contributed by atoms with Gasteiger partial charge in [-0.3, -0.25) is 0 Å². The van der Waals surface area contributed by atoms with Crippen molar-refractivity contribution in [2.75, 3.05) is 0 Å². The maximum atomic E-state index is 2.29. The minimum absolute atomic E-state index is 0.675. The van der Waals surface area contributed by atoms with Gasteiger partial charge < -0.3 is 0 Å². The molecule has 0 N–H and O–H groups in total. The summed E-state index contributed by atoms with van der Waals surface area (Å²) in [6.07, 6.45) is 7.82. The average Bonchev–Trinajstić information content (AvgIpc) is 2.48. The predicted molar refractivity (Wildman–Crippen MR) is 80.1 cm³/mol. The summed E-state index contributed by atoms with van der Waals surface area (Å²) in [5, 5.41) is 0. The third-order valence-electron chi connectivity index (χ3n) is 3.82. The molecular weight excluding hydrogens is 230 g/mol. The molecule has 1 heteroatoms. The summed E-state index contributed by atoms with van der Waals surface area (Å²) >= 11 is 0. The first-order valence-corrected chi connectivity index (χ1v) is 7.32. The number of hydrogen-bond acceptors (Lipinski definition) is 0. The number of aryl methyl sites for hydroxylation is 2. The molecule has 0 spiro atoms. The van der Waals surface area contributed by atoms with Crippen LogP contribution in [-0.4, -0.2) is 0 Å². The molecule has 0 aliphatic carbocycles. The lowest BCUT2D eigenvalue weighted by atomic mass is 9.97. The van der Waals surface area contributed by atoms with Gasteiger partial charge in [-0.1, -0.05) is 44.2 Å². The summed E-state index contributed by atoms with van der Waals surface area (Å²) in [5.41, 5.74) is 2.91. The number of pyridine rings is 1. The van der Waals surface area contributed by atoms with Gasteiger partial charge in [0.15, 0.2) is 12.4 Å². The molecule has 0 fully saturated rings. The standard InChI is InChI=1S/C18H24N/c1-3-16(2)18-11-9-17(10-12-18)8-7-15-19-13-5-4-6-14-19/h4-6,9-14,16H,3,7-8,15H2,1-2H3/q+1. The average molecular weight is 254 g/mol. The van der Waals surface area contributed by atoms with Crippen molar-refractivity contribution < 1.29 is 4.57 Å². The van der Waals surface area contributed by atoms with Crippen LogP contribution in [0.15, 0.2) is 54.9 Å². The molecule has 0 amide bonds. The Morgan fingerprint density at radius 3 is 2.32 bits per heavy atom. The maximum Gasteiger partial charge on any atom is 0.168 e. The van der Waals surface area contributed by atoms with Crippen LogP contribution in [0.4, 0.5) is 0 Å². The van der Waals surface area contributed by atoms with Crippen molar-refractivity contribution in [3.63, 3.8) is 0 Å². The van der Waals surface area contributed by atoms with Gasteiger partial charge in [0.05, 0.1) is 0 Å². The molecule has 1 aromatic carbocycles. The van der Waals surface area contributed by atoms with E-state index in [9.17, 15) is 0 Å². The first-order chi connectivity index (χ1) is 9.29. The highest BCUT2D eigenvalue weighted by atomic mass is 14.9. The van der Waals surface area contributed by atoms with Crippen molar-refractivity contribution in [3.05, 3.63) is 66.0 Å². The molecule has 0 saturated carbocycles. The highest BCUT2D eigenvalue weighted by Crippen LogP contribution is 2.19. The summed E-state index contributed by atoms with van der Waals surface area (Å²) in [4.78, 5) is 0. The van der Waals surface area contributed by atoms with Crippen LogP contribution in [-0.2, 0) is 13.0 Å². The van der Waals surface area contributed by atoms with E-state index in [4.69, 9.17) is 0 Å². The molecule has 1 unspecified atom stereocenters. The van der Waals surface area contributed by atoms with E-state index < -0.39 is 0 Å². The topological polar surface area (TPSA) is 3.88 Å². The van der Waals surface area contributed by atoms with Gasteiger partial charge >= 0.3 is 0 Å². The minimum atomic E-state index is 0.675. The number of benzene rings is 1. The molecule has 0 aliphatic heterocycles. The Kier molecular flexibility index (Phi) is 5.14. The third kappa shape index (κ3) is 4.20. The highest BCUT2D eigenvalue weighted by Gasteiger charge is 2.03. The quantitative estimate of drug-likeness (QED) is 0.683. The third-order valence-corrected chi connectivity index (χ3v) is 3.82. The molecule has 100 valence electrons. The Morgan fingerprint density at radius 2 is 1.68 bits per heavy atom. The lowest BCUT2D eigenvalue weighted by molar-refractivity contribution is -0.697. The molecule has 1 heterocycles. The summed E-state index contributed by atoms with van der Waals surface area (Å²) in [6, 6.07) is 15.4. The Labute approximate surface area is 116 Å². The molecule has 1 atom stereocenters. The van der Waals surface area contributed by atoms with Gasteiger partial charge in [-0.25, -0.2) is 4.57 Å². The number of aromatic nitrogens is 1. The lowest BCUT2D eigenvalue weighted by Gasteiger charge is -2.09. The van der Waals surface area contributed by atoms with Gasteiger partial charge in [-0.15, -0.1) is 0 Å². The molecule has 0 saturated heterocycles. The second-order valence-corrected chi connectivity index (χ2v) is 5.27. The fourth-order valence-corrected chi connectivity index (χ4v) is 2.30. The normalized spacial score (nSPS) is 12.3. The van der Waals surface area contributed by atoms with Crippen molar-refractivity contribution >= 4 is 0 Å². The van der Waals surface area contributed by atoms with E-state index in [1.807, 2.05) is 0 Å². The van der Waals surface area contributed by atoms with Crippen LogP contribution in [0.5, 0.6) is 0 Å². The predicted octanol–water partition coefficient (Wildman–Crippen LogP) is 4.12. The smallest absolute Gasteiger partial charge is 0.168 e. The maximum absolute atomic E-state index is 2.29. The Morgan fingerprint density at radius 1 is 1.00 bits per heavy atom. The van der Waals surface area contributed by atoms with Crippen LogP contribution in [0.1, 0.15) is 43.7 Å². The summed E-state index contributed by atoms with van der Waals surface area (Å²) < 4.78 is 2.24. The first kappa shape index (κ1) is 13.8. The largest absolute Gasteiger partial charge is 0.205 e. The summed E-state index contributed by atoms with van der Waals surface area (Å²) in [5.74, 6) is 0.675. The zero-order valence-electron chi connectivity index (χ0n) is 12.0. The SMILES string of the molecule is CCC(C)c1ccc(CCC[n+]2ccccc2)cc1. The van der Waals surface area contributed by atoms with Crippen LogP contribution in [0.3, 0.4) is 0 Å². The van der Waals surface area contributed by atoms with Crippen molar-refractivity contribution in [2.24, 2.45) is 0 Å². The zero-order valence-corrected chi connectivity index (χ0v) is 12.0. The van der Waals surface area contributed by atoms with Gasteiger partial charge in [0.1, 0.15) is 6.54 Å². The second-order valence-electron chi connectivity index (χ2n) is 5.27. The molecular formula is C18H24N+. The molecule has 0 bridgehead atoms. The molecule has 0 radical (unpaired) electrons. The molecule has 0 aliphatic rings. The van der Waals surface area contributed by atoms with Gasteiger partial charge in [-0.2, -0.15) is 0 Å². The van der Waals surface area contributed by atoms with Gasteiger partial charge in [-0.05, 0) is 29.9 Å². The molecule has 1 aromatic heterocycles. The first-order valence-electron chi connectivity index (χ1n) is 7.32. The Balaban J connectivity index is 1.83. The van der Waals surface area contributed by atoms with Crippen LogP contribution in [0.25, 0.3) is 0 Å². The monoisotopic (exact) mass is 254 g/mol. The van der Waals surface area contributed by atoms with Crippen LogP contribution in [0, 0.1) is 0 Å². The van der Waals surface area contributed by atoms with E-state index in [2.05, 4.69) is 73.3 Å². The van der Waals surface area contributed by atoms with E-state index in [-0.39, 0.29) is 0 Å². The highest BCUT2D eigenvalue weighted by molar-refractivity contribution is 5.25. The van der Waals surface area contributed by atoms with E-state index in [1.165, 1.54) is 24.0 Å².